The minimum absolute atomic E-state index is 0.0323. The van der Waals surface area contributed by atoms with E-state index in [1.165, 1.54) is 0 Å². The van der Waals surface area contributed by atoms with Crippen LogP contribution in [0.25, 0.3) is 11.1 Å². The molecule has 0 spiro atoms. The highest BCUT2D eigenvalue weighted by Gasteiger charge is 2.42. The Balaban J connectivity index is 0.974. The summed E-state index contributed by atoms with van der Waals surface area (Å²) in [6, 6.07) is 24.8. The third-order valence-electron chi connectivity index (χ3n) is 8.69. The number of aliphatic hydroxyl groups excluding tert-OH is 1. The number of benzene rings is 3. The molecule has 9 nitrogen and oxygen atoms in total. The molecule has 2 aliphatic rings. The van der Waals surface area contributed by atoms with Gasteiger partial charge in [-0.1, -0.05) is 60.7 Å². The van der Waals surface area contributed by atoms with Gasteiger partial charge in [-0.15, -0.1) is 0 Å². The molecule has 1 aliphatic carbocycles. The first-order chi connectivity index (χ1) is 21.4. The molecule has 232 valence electrons. The van der Waals surface area contributed by atoms with Crippen molar-refractivity contribution >= 4 is 29.3 Å². The molecule has 0 bridgehead atoms. The average Bonchev–Trinajstić information content (AvgIpc) is 3.59. The second-order valence-corrected chi connectivity index (χ2v) is 11.9. The van der Waals surface area contributed by atoms with Crippen molar-refractivity contribution in [2.45, 2.75) is 44.8 Å². The van der Waals surface area contributed by atoms with Gasteiger partial charge in [0.25, 0.3) is 0 Å². The molecule has 0 aromatic heterocycles. The summed E-state index contributed by atoms with van der Waals surface area (Å²) in [5, 5.41) is 14.9. The van der Waals surface area contributed by atoms with Gasteiger partial charge in [0.05, 0.1) is 12.3 Å². The summed E-state index contributed by atoms with van der Waals surface area (Å²) in [4.78, 5) is 41.8. The van der Waals surface area contributed by atoms with Crippen molar-refractivity contribution in [3.63, 3.8) is 0 Å². The number of para-hydroxylation sites is 1. The third kappa shape index (κ3) is 8.45. The normalized spacial score (nSPS) is 19.3. The zero-order chi connectivity index (χ0) is 30.9. The summed E-state index contributed by atoms with van der Waals surface area (Å²) in [7, 11) is 1.79. The second kappa shape index (κ2) is 15.0. The van der Waals surface area contributed by atoms with E-state index in [9.17, 15) is 14.4 Å². The number of hydrogen-bond donors (Lipinski definition) is 3. The number of nitrogens with one attached hydrogen (secondary N) is 2. The number of aliphatic hydroxyl groups is 1. The fraction of sp³-hybridized carbons (Fsp3) is 0.400. The van der Waals surface area contributed by atoms with Gasteiger partial charge < -0.3 is 25.0 Å². The van der Waals surface area contributed by atoms with Crippen LogP contribution >= 0.6 is 0 Å². The van der Waals surface area contributed by atoms with E-state index in [1.807, 2.05) is 54.6 Å². The van der Waals surface area contributed by atoms with E-state index in [4.69, 9.17) is 9.84 Å². The molecule has 2 fully saturated rings. The van der Waals surface area contributed by atoms with Crippen LogP contribution in [0.3, 0.4) is 0 Å². The highest BCUT2D eigenvalue weighted by molar-refractivity contribution is 5.92. The maximum Gasteiger partial charge on any atom is 0.411 e. The van der Waals surface area contributed by atoms with Crippen LogP contribution in [0.1, 0.15) is 37.7 Å². The summed E-state index contributed by atoms with van der Waals surface area (Å²) >= 11 is 0. The number of rotatable bonds is 12. The maximum absolute atomic E-state index is 12.8. The van der Waals surface area contributed by atoms with Crippen molar-refractivity contribution in [2.24, 2.45) is 11.8 Å². The van der Waals surface area contributed by atoms with Crippen LogP contribution < -0.4 is 10.6 Å². The predicted molar refractivity (Wildman–Crippen MR) is 171 cm³/mol. The van der Waals surface area contributed by atoms with Gasteiger partial charge in [0.15, 0.2) is 0 Å². The van der Waals surface area contributed by atoms with Gasteiger partial charge in [-0.25, -0.2) is 4.79 Å². The Morgan fingerprint density at radius 1 is 0.886 bits per heavy atom. The summed E-state index contributed by atoms with van der Waals surface area (Å²) in [6.07, 6.45) is 2.54. The molecule has 1 saturated carbocycles. The SMILES string of the molecule is CN(CCCC(=O)Nc1ccc(CO)cc1)C(=O)CCN1CC2CC(OC(=O)Nc3ccccc3-c3ccccc3)CC2C1. The van der Waals surface area contributed by atoms with Crippen LogP contribution in [-0.2, 0) is 20.9 Å². The smallest absolute Gasteiger partial charge is 0.411 e. The zero-order valence-corrected chi connectivity index (χ0v) is 25.3. The largest absolute Gasteiger partial charge is 0.446 e. The van der Waals surface area contributed by atoms with Crippen molar-refractivity contribution < 1.29 is 24.2 Å². The van der Waals surface area contributed by atoms with Crippen LogP contribution in [0.5, 0.6) is 0 Å². The lowest BCUT2D eigenvalue weighted by molar-refractivity contribution is -0.130. The molecule has 2 atom stereocenters. The fourth-order valence-corrected chi connectivity index (χ4v) is 6.34. The molecule has 5 rings (SSSR count). The number of anilines is 2. The minimum atomic E-state index is -0.418. The Hall–Kier alpha value is -4.21. The Morgan fingerprint density at radius 3 is 2.27 bits per heavy atom. The highest BCUT2D eigenvalue weighted by atomic mass is 16.6. The van der Waals surface area contributed by atoms with E-state index < -0.39 is 6.09 Å². The van der Waals surface area contributed by atoms with E-state index >= 15 is 0 Å². The fourth-order valence-electron chi connectivity index (χ4n) is 6.34. The van der Waals surface area contributed by atoms with E-state index in [0.29, 0.717) is 49.9 Å². The number of likely N-dealkylation sites (tertiary alicyclic amines) is 1. The van der Waals surface area contributed by atoms with Gasteiger partial charge in [0.2, 0.25) is 11.8 Å². The highest BCUT2D eigenvalue weighted by Crippen LogP contribution is 2.39. The van der Waals surface area contributed by atoms with Crippen molar-refractivity contribution in [2.75, 3.05) is 43.9 Å². The maximum atomic E-state index is 12.8. The number of carbonyl (C=O) groups excluding carboxylic acids is 3. The Morgan fingerprint density at radius 2 is 1.57 bits per heavy atom. The molecule has 3 aromatic rings. The summed E-state index contributed by atoms with van der Waals surface area (Å²) < 4.78 is 5.84. The average molecular weight is 599 g/mol. The van der Waals surface area contributed by atoms with Gasteiger partial charge in [-0.3, -0.25) is 14.9 Å². The van der Waals surface area contributed by atoms with Crippen LogP contribution in [0, 0.1) is 11.8 Å². The van der Waals surface area contributed by atoms with Crippen molar-refractivity contribution in [1.82, 2.24) is 9.80 Å². The molecule has 1 heterocycles. The molecule has 9 heteroatoms. The van der Waals surface area contributed by atoms with Gasteiger partial charge in [0.1, 0.15) is 6.10 Å². The molecule has 2 unspecified atom stereocenters. The quantitative estimate of drug-likeness (QED) is 0.259. The Bertz CT molecular complexity index is 1400. The number of ether oxygens (including phenoxy) is 1. The summed E-state index contributed by atoms with van der Waals surface area (Å²) in [6.45, 7) is 3.04. The number of carbonyl (C=O) groups is 3. The van der Waals surface area contributed by atoms with Crippen molar-refractivity contribution in [3.05, 3.63) is 84.4 Å². The molecule has 3 N–H and O–H groups in total. The number of nitrogens with zero attached hydrogens (tertiary/aromatic N) is 2. The first kappa shape index (κ1) is 31.2. The van der Waals surface area contributed by atoms with Crippen LogP contribution in [0.15, 0.2) is 78.9 Å². The van der Waals surface area contributed by atoms with Gasteiger partial charge in [-0.2, -0.15) is 0 Å². The second-order valence-electron chi connectivity index (χ2n) is 11.9. The summed E-state index contributed by atoms with van der Waals surface area (Å²) in [5.41, 5.74) is 4.21. The molecular formula is C35H42N4O5. The topological polar surface area (TPSA) is 111 Å². The van der Waals surface area contributed by atoms with Crippen LogP contribution in [0.2, 0.25) is 0 Å². The van der Waals surface area contributed by atoms with E-state index in [-0.39, 0.29) is 24.5 Å². The van der Waals surface area contributed by atoms with Crippen molar-refractivity contribution in [1.29, 1.82) is 0 Å². The van der Waals surface area contributed by atoms with Crippen LogP contribution in [0.4, 0.5) is 16.2 Å². The third-order valence-corrected chi connectivity index (χ3v) is 8.69. The van der Waals surface area contributed by atoms with Gasteiger partial charge in [0, 0.05) is 57.3 Å². The van der Waals surface area contributed by atoms with Gasteiger partial charge >= 0.3 is 6.09 Å². The molecule has 3 aromatic carbocycles. The summed E-state index contributed by atoms with van der Waals surface area (Å²) in [5.74, 6) is 0.921. The Kier molecular flexibility index (Phi) is 10.6. The minimum Gasteiger partial charge on any atom is -0.446 e. The monoisotopic (exact) mass is 598 g/mol. The lowest BCUT2D eigenvalue weighted by atomic mass is 10.0. The molecule has 1 saturated heterocycles. The lowest BCUT2D eigenvalue weighted by Crippen LogP contribution is -2.33. The zero-order valence-electron chi connectivity index (χ0n) is 25.3. The molecular weight excluding hydrogens is 556 g/mol. The first-order valence-electron chi connectivity index (χ1n) is 15.5. The van der Waals surface area contributed by atoms with Gasteiger partial charge in [-0.05, 0) is 60.4 Å². The molecule has 44 heavy (non-hydrogen) atoms. The number of amides is 3. The Labute approximate surface area is 259 Å². The lowest BCUT2D eigenvalue weighted by Gasteiger charge is -2.21. The van der Waals surface area contributed by atoms with E-state index in [2.05, 4.69) is 15.5 Å². The number of hydrogen-bond acceptors (Lipinski definition) is 6. The molecule has 3 amide bonds. The van der Waals surface area contributed by atoms with Crippen molar-refractivity contribution in [3.8, 4) is 11.1 Å². The van der Waals surface area contributed by atoms with Crippen LogP contribution in [-0.4, -0.2) is 72.1 Å². The molecule has 1 aliphatic heterocycles. The van der Waals surface area contributed by atoms with E-state index in [0.717, 1.165) is 48.3 Å². The predicted octanol–water partition coefficient (Wildman–Crippen LogP) is 5.37. The first-order valence-corrected chi connectivity index (χ1v) is 15.5. The molecule has 0 radical (unpaired) electrons. The standard InChI is InChI=1S/C35H42N4O5/c1-38(18-7-12-33(41)36-29-15-13-25(24-40)14-16-29)34(42)17-19-39-22-27-20-30(21-28(27)23-39)44-35(43)37-32-11-6-5-10-31(32)26-8-3-2-4-9-26/h2-6,8-11,13-16,27-28,30,40H,7,12,17-24H2,1H3,(H,36,41)(H,37,43). The van der Waals surface area contributed by atoms with E-state index in [1.54, 1.807) is 36.2 Å². The number of fused-ring (bicyclic) bond motifs is 1.